The fourth-order valence-corrected chi connectivity index (χ4v) is 3.25. The number of pyridine rings is 1. The number of rotatable bonds is 6. The highest BCUT2D eigenvalue weighted by atomic mass is 14.8. The molecule has 0 saturated carbocycles. The van der Waals surface area contributed by atoms with Gasteiger partial charge in [0.1, 0.15) is 0 Å². The van der Waals surface area contributed by atoms with Gasteiger partial charge < -0.3 is 0 Å². The summed E-state index contributed by atoms with van der Waals surface area (Å²) in [4.78, 5) is 8.99. The molecule has 0 spiro atoms. The summed E-state index contributed by atoms with van der Waals surface area (Å²) in [7, 11) is 0. The Labute approximate surface area is 173 Å². The van der Waals surface area contributed by atoms with Gasteiger partial charge in [-0.1, -0.05) is 79.4 Å². The van der Waals surface area contributed by atoms with Crippen LogP contribution >= 0.6 is 0 Å². The van der Waals surface area contributed by atoms with Crippen molar-refractivity contribution in [1.29, 1.82) is 0 Å². The molecule has 2 aromatic carbocycles. The lowest BCUT2D eigenvalue weighted by atomic mass is 9.96. The Bertz CT molecular complexity index is 1070. The molecule has 3 rings (SSSR count). The second-order valence-electron chi connectivity index (χ2n) is 6.89. The summed E-state index contributed by atoms with van der Waals surface area (Å²) in [5, 5.41) is 0. The van der Waals surface area contributed by atoms with Gasteiger partial charge in [-0.05, 0) is 54.7 Å². The summed E-state index contributed by atoms with van der Waals surface area (Å²) >= 11 is 0. The van der Waals surface area contributed by atoms with Crippen LogP contribution in [0.15, 0.2) is 102 Å². The third kappa shape index (κ3) is 4.85. The summed E-state index contributed by atoms with van der Waals surface area (Å²) in [5.74, 6) is 0. The molecular formula is C27H26N2. The van der Waals surface area contributed by atoms with Gasteiger partial charge in [0, 0.05) is 18.0 Å². The van der Waals surface area contributed by atoms with Gasteiger partial charge in [-0.3, -0.25) is 9.98 Å². The van der Waals surface area contributed by atoms with E-state index in [4.69, 9.17) is 0 Å². The molecule has 0 amide bonds. The third-order valence-electron chi connectivity index (χ3n) is 5.00. The van der Waals surface area contributed by atoms with E-state index in [1.807, 2.05) is 25.3 Å². The van der Waals surface area contributed by atoms with E-state index in [1.54, 1.807) is 6.20 Å². The molecule has 2 heteroatoms. The van der Waals surface area contributed by atoms with Crippen molar-refractivity contribution < 1.29 is 0 Å². The number of allylic oxidation sites excluding steroid dienone is 3. The van der Waals surface area contributed by atoms with E-state index in [9.17, 15) is 0 Å². The molecule has 0 bridgehead atoms. The van der Waals surface area contributed by atoms with Crippen molar-refractivity contribution in [2.75, 3.05) is 0 Å². The number of benzene rings is 2. The standard InChI is InChI=1S/C27H26N2/c1-5-28-22(4)27-26(25(18-19-29-27)24-14-10-7-11-15-24)17-16-20(2)21(3)23-12-8-6-9-13-23/h5-19H,1H2,2-4H3/b17-16-,21-20-,28-22?. The number of hydrogen-bond donors (Lipinski definition) is 0. The number of hydrogen-bond acceptors (Lipinski definition) is 2. The fourth-order valence-electron chi connectivity index (χ4n) is 3.25. The Hall–Kier alpha value is -3.52. The first kappa shape index (κ1) is 20.2. The van der Waals surface area contributed by atoms with Crippen molar-refractivity contribution in [1.82, 2.24) is 4.98 Å². The SMILES string of the molecule is C=CN=C(C)c1nccc(-c2ccccc2)c1/C=C\C(C)=C(\C)c1ccccc1. The van der Waals surface area contributed by atoms with Crippen LogP contribution < -0.4 is 0 Å². The molecule has 0 aliphatic heterocycles. The quantitative estimate of drug-likeness (QED) is 0.329. The first-order valence-electron chi connectivity index (χ1n) is 9.73. The molecule has 2 nitrogen and oxygen atoms in total. The van der Waals surface area contributed by atoms with E-state index in [0.717, 1.165) is 28.1 Å². The highest BCUT2D eigenvalue weighted by Gasteiger charge is 2.11. The molecule has 0 fully saturated rings. The predicted molar refractivity (Wildman–Crippen MR) is 126 cm³/mol. The number of nitrogens with zero attached hydrogens (tertiary/aromatic N) is 2. The molecule has 1 heterocycles. The lowest BCUT2D eigenvalue weighted by Crippen LogP contribution is -2.03. The maximum Gasteiger partial charge on any atom is 0.0919 e. The van der Waals surface area contributed by atoms with Gasteiger partial charge >= 0.3 is 0 Å². The molecule has 0 aliphatic carbocycles. The minimum Gasteiger partial charge on any atom is -0.260 e. The van der Waals surface area contributed by atoms with E-state index < -0.39 is 0 Å². The maximum absolute atomic E-state index is 4.62. The Balaban J connectivity index is 2.12. The van der Waals surface area contributed by atoms with Gasteiger partial charge in [0.15, 0.2) is 0 Å². The van der Waals surface area contributed by atoms with Crippen molar-refractivity contribution in [3.05, 3.63) is 114 Å². The maximum atomic E-state index is 4.62. The second-order valence-corrected chi connectivity index (χ2v) is 6.89. The van der Waals surface area contributed by atoms with E-state index in [0.29, 0.717) is 0 Å². The van der Waals surface area contributed by atoms with Gasteiger partial charge in [0.05, 0.1) is 11.4 Å². The van der Waals surface area contributed by atoms with Crippen molar-refractivity contribution >= 4 is 17.4 Å². The van der Waals surface area contributed by atoms with E-state index in [2.05, 4.69) is 97.2 Å². The summed E-state index contributed by atoms with van der Waals surface area (Å²) in [6, 6.07) is 22.9. The number of aliphatic imine (C=N–C) groups is 1. The fraction of sp³-hybridized carbons (Fsp3) is 0.111. The van der Waals surface area contributed by atoms with E-state index in [1.165, 1.54) is 16.7 Å². The van der Waals surface area contributed by atoms with E-state index in [-0.39, 0.29) is 0 Å². The van der Waals surface area contributed by atoms with Crippen molar-refractivity contribution in [2.24, 2.45) is 4.99 Å². The van der Waals surface area contributed by atoms with Gasteiger partial charge in [-0.25, -0.2) is 0 Å². The minimum absolute atomic E-state index is 0.846. The van der Waals surface area contributed by atoms with Crippen LogP contribution in [0.25, 0.3) is 22.8 Å². The molecule has 0 radical (unpaired) electrons. The zero-order valence-electron chi connectivity index (χ0n) is 17.3. The molecule has 0 atom stereocenters. The predicted octanol–water partition coefficient (Wildman–Crippen LogP) is 7.21. The average Bonchev–Trinajstić information content (AvgIpc) is 2.78. The second kappa shape index (κ2) is 9.61. The van der Waals surface area contributed by atoms with Crippen LogP contribution in [0.1, 0.15) is 37.6 Å². The highest BCUT2D eigenvalue weighted by Crippen LogP contribution is 2.28. The van der Waals surface area contributed by atoms with Crippen molar-refractivity contribution in [2.45, 2.75) is 20.8 Å². The van der Waals surface area contributed by atoms with Crippen LogP contribution in [0.3, 0.4) is 0 Å². The summed E-state index contributed by atoms with van der Waals surface area (Å²) in [6.07, 6.45) is 7.71. The third-order valence-corrected chi connectivity index (χ3v) is 5.00. The molecule has 3 aromatic rings. The summed E-state index contributed by atoms with van der Waals surface area (Å²) < 4.78 is 0. The van der Waals surface area contributed by atoms with Crippen LogP contribution in [0, 0.1) is 0 Å². The zero-order valence-corrected chi connectivity index (χ0v) is 17.3. The molecule has 0 aliphatic rings. The molecule has 1 aromatic heterocycles. The molecule has 0 saturated heterocycles. The average molecular weight is 379 g/mol. The van der Waals surface area contributed by atoms with Crippen LogP contribution in [0.2, 0.25) is 0 Å². The topological polar surface area (TPSA) is 25.2 Å². The van der Waals surface area contributed by atoms with Crippen LogP contribution in [0.5, 0.6) is 0 Å². The Morgan fingerprint density at radius 1 is 0.897 bits per heavy atom. The number of aromatic nitrogens is 1. The lowest BCUT2D eigenvalue weighted by Gasteiger charge is -2.12. The first-order chi connectivity index (χ1) is 14.1. The first-order valence-corrected chi connectivity index (χ1v) is 9.73. The highest BCUT2D eigenvalue weighted by molar-refractivity contribution is 6.02. The molecule has 0 N–H and O–H groups in total. The Kier molecular flexibility index (Phi) is 6.70. The molecule has 29 heavy (non-hydrogen) atoms. The molecular weight excluding hydrogens is 352 g/mol. The zero-order chi connectivity index (χ0) is 20.6. The van der Waals surface area contributed by atoms with Crippen LogP contribution in [-0.2, 0) is 0 Å². The van der Waals surface area contributed by atoms with Gasteiger partial charge in [0.2, 0.25) is 0 Å². The van der Waals surface area contributed by atoms with Gasteiger partial charge in [-0.15, -0.1) is 0 Å². The summed E-state index contributed by atoms with van der Waals surface area (Å²) in [5.41, 5.74) is 8.76. The van der Waals surface area contributed by atoms with Gasteiger partial charge in [0.25, 0.3) is 0 Å². The van der Waals surface area contributed by atoms with Crippen LogP contribution in [-0.4, -0.2) is 10.7 Å². The summed E-state index contributed by atoms with van der Waals surface area (Å²) in [6.45, 7) is 9.99. The molecule has 0 unspecified atom stereocenters. The Morgan fingerprint density at radius 3 is 2.21 bits per heavy atom. The van der Waals surface area contributed by atoms with E-state index >= 15 is 0 Å². The lowest BCUT2D eigenvalue weighted by molar-refractivity contribution is 1.26. The largest absolute Gasteiger partial charge is 0.260 e. The minimum atomic E-state index is 0.846. The van der Waals surface area contributed by atoms with Crippen molar-refractivity contribution in [3.63, 3.8) is 0 Å². The normalized spacial score (nSPS) is 12.7. The Morgan fingerprint density at radius 2 is 1.55 bits per heavy atom. The van der Waals surface area contributed by atoms with Crippen molar-refractivity contribution in [3.8, 4) is 11.1 Å². The molecule has 144 valence electrons. The van der Waals surface area contributed by atoms with Crippen LogP contribution in [0.4, 0.5) is 0 Å². The smallest absolute Gasteiger partial charge is 0.0919 e. The monoisotopic (exact) mass is 378 g/mol. The van der Waals surface area contributed by atoms with Gasteiger partial charge in [-0.2, -0.15) is 0 Å².